The van der Waals surface area contributed by atoms with Crippen molar-refractivity contribution in [2.24, 2.45) is 0 Å². The van der Waals surface area contributed by atoms with Crippen molar-refractivity contribution in [1.29, 1.82) is 0 Å². The zero-order chi connectivity index (χ0) is 7.82. The van der Waals surface area contributed by atoms with E-state index in [4.69, 9.17) is 9.78 Å². The van der Waals surface area contributed by atoms with E-state index in [2.05, 4.69) is 13.8 Å². The van der Waals surface area contributed by atoms with Gasteiger partial charge in [-0.15, -0.1) is 0 Å². The highest BCUT2D eigenvalue weighted by Gasteiger charge is 1.97. The van der Waals surface area contributed by atoms with Gasteiger partial charge in [0.15, 0.2) is 0 Å². The van der Waals surface area contributed by atoms with Crippen LogP contribution in [0.5, 0.6) is 0 Å². The largest absolute Gasteiger partial charge is 0.236 e. The lowest BCUT2D eigenvalue weighted by atomic mass is 10.3. The molecule has 0 fully saturated rings. The lowest BCUT2D eigenvalue weighted by Crippen LogP contribution is -2.07. The van der Waals surface area contributed by atoms with E-state index in [1.165, 1.54) is 0 Å². The van der Waals surface area contributed by atoms with Gasteiger partial charge < -0.3 is 0 Å². The van der Waals surface area contributed by atoms with E-state index in [0.717, 1.165) is 25.9 Å². The lowest BCUT2D eigenvalue weighted by molar-refractivity contribution is -0.321. The molecule has 62 valence electrons. The summed E-state index contributed by atoms with van der Waals surface area (Å²) in [6.45, 7) is 6.94. The molecule has 2 nitrogen and oxygen atoms in total. The van der Waals surface area contributed by atoms with Crippen molar-refractivity contribution in [3.8, 4) is 0 Å². The standard InChI is InChI=1S/C8H18O2/c1-4-6-7-9-10-8(3)5-2/h8H,4-7H2,1-3H3. The Labute approximate surface area is 63.5 Å². The number of hydrogen-bond acceptors (Lipinski definition) is 2. The van der Waals surface area contributed by atoms with Crippen LogP contribution in [-0.2, 0) is 9.78 Å². The molecular weight excluding hydrogens is 128 g/mol. The summed E-state index contributed by atoms with van der Waals surface area (Å²) in [5.41, 5.74) is 0. The predicted molar refractivity (Wildman–Crippen MR) is 41.7 cm³/mol. The van der Waals surface area contributed by atoms with E-state index < -0.39 is 0 Å². The van der Waals surface area contributed by atoms with Gasteiger partial charge in [0.25, 0.3) is 0 Å². The molecule has 0 saturated heterocycles. The first-order valence-electron chi connectivity index (χ1n) is 4.09. The molecule has 2 heteroatoms. The molecule has 0 amide bonds. The second-order valence-electron chi connectivity index (χ2n) is 2.49. The molecule has 10 heavy (non-hydrogen) atoms. The van der Waals surface area contributed by atoms with Crippen LogP contribution in [0, 0.1) is 0 Å². The first-order chi connectivity index (χ1) is 4.81. The lowest BCUT2D eigenvalue weighted by Gasteiger charge is -2.07. The second-order valence-corrected chi connectivity index (χ2v) is 2.49. The minimum absolute atomic E-state index is 0.233. The maximum atomic E-state index is 4.99. The Bertz CT molecular complexity index is 64.3. The Morgan fingerprint density at radius 3 is 2.50 bits per heavy atom. The number of rotatable bonds is 6. The highest BCUT2D eigenvalue weighted by molar-refractivity contribution is 4.38. The molecule has 0 N–H and O–H groups in total. The summed E-state index contributed by atoms with van der Waals surface area (Å²) in [4.78, 5) is 9.92. The van der Waals surface area contributed by atoms with Crippen LogP contribution in [0.2, 0.25) is 0 Å². The summed E-state index contributed by atoms with van der Waals surface area (Å²) in [5.74, 6) is 0. The summed E-state index contributed by atoms with van der Waals surface area (Å²) < 4.78 is 0. The molecule has 0 rings (SSSR count). The fourth-order valence-electron chi connectivity index (χ4n) is 0.436. The first kappa shape index (κ1) is 9.92. The summed E-state index contributed by atoms with van der Waals surface area (Å²) in [5, 5.41) is 0. The van der Waals surface area contributed by atoms with Crippen molar-refractivity contribution in [2.45, 2.75) is 46.1 Å². The Hall–Kier alpha value is -0.0800. The summed E-state index contributed by atoms with van der Waals surface area (Å²) in [7, 11) is 0. The average Bonchev–Trinajstić information content (AvgIpc) is 1.98. The topological polar surface area (TPSA) is 18.5 Å². The summed E-state index contributed by atoms with van der Waals surface area (Å²) in [6, 6.07) is 0. The van der Waals surface area contributed by atoms with Crippen LogP contribution < -0.4 is 0 Å². The van der Waals surface area contributed by atoms with E-state index in [0.29, 0.717) is 0 Å². The van der Waals surface area contributed by atoms with Crippen LogP contribution in [0.15, 0.2) is 0 Å². The monoisotopic (exact) mass is 146 g/mol. The van der Waals surface area contributed by atoms with Gasteiger partial charge in [0.2, 0.25) is 0 Å². The molecule has 0 radical (unpaired) electrons. The third-order valence-electron chi connectivity index (χ3n) is 1.39. The zero-order valence-electron chi connectivity index (χ0n) is 7.22. The molecule has 1 unspecified atom stereocenters. The number of hydrogen-bond donors (Lipinski definition) is 0. The molecule has 1 atom stereocenters. The van der Waals surface area contributed by atoms with Gasteiger partial charge in [-0.25, -0.2) is 9.78 Å². The van der Waals surface area contributed by atoms with Crippen molar-refractivity contribution in [3.63, 3.8) is 0 Å². The summed E-state index contributed by atoms with van der Waals surface area (Å²) in [6.07, 6.45) is 3.48. The Kier molecular flexibility index (Phi) is 6.98. The van der Waals surface area contributed by atoms with E-state index in [1.807, 2.05) is 6.92 Å². The van der Waals surface area contributed by atoms with Crippen molar-refractivity contribution in [3.05, 3.63) is 0 Å². The van der Waals surface area contributed by atoms with Gasteiger partial charge in [-0.2, -0.15) is 0 Å². The van der Waals surface area contributed by atoms with Crippen LogP contribution in [0.4, 0.5) is 0 Å². The van der Waals surface area contributed by atoms with Crippen molar-refractivity contribution >= 4 is 0 Å². The van der Waals surface area contributed by atoms with Gasteiger partial charge in [-0.3, -0.25) is 0 Å². The van der Waals surface area contributed by atoms with Gasteiger partial charge in [-0.1, -0.05) is 20.3 Å². The van der Waals surface area contributed by atoms with Gasteiger partial charge in [-0.05, 0) is 19.8 Å². The van der Waals surface area contributed by atoms with Crippen LogP contribution in [0.3, 0.4) is 0 Å². The molecule has 0 aromatic rings. The van der Waals surface area contributed by atoms with Crippen molar-refractivity contribution in [1.82, 2.24) is 0 Å². The molecule has 0 aromatic carbocycles. The van der Waals surface area contributed by atoms with Gasteiger partial charge in [0.1, 0.15) is 0 Å². The highest BCUT2D eigenvalue weighted by atomic mass is 17.2. The predicted octanol–water partition coefficient (Wildman–Crippen LogP) is 2.53. The van der Waals surface area contributed by atoms with Gasteiger partial charge in [0, 0.05) is 0 Å². The van der Waals surface area contributed by atoms with Gasteiger partial charge in [0.05, 0.1) is 12.7 Å². The second kappa shape index (κ2) is 7.03. The minimum Gasteiger partial charge on any atom is -0.236 e. The third-order valence-corrected chi connectivity index (χ3v) is 1.39. The van der Waals surface area contributed by atoms with Crippen molar-refractivity contribution < 1.29 is 9.78 Å². The molecule has 0 aromatic heterocycles. The smallest absolute Gasteiger partial charge is 0.0899 e. The fraction of sp³-hybridized carbons (Fsp3) is 1.00. The molecule has 0 aliphatic heterocycles. The Morgan fingerprint density at radius 2 is 2.00 bits per heavy atom. The van der Waals surface area contributed by atoms with E-state index in [1.54, 1.807) is 0 Å². The molecule has 0 aliphatic carbocycles. The zero-order valence-corrected chi connectivity index (χ0v) is 7.22. The first-order valence-corrected chi connectivity index (χ1v) is 4.09. The maximum Gasteiger partial charge on any atom is 0.0899 e. The molecule has 0 heterocycles. The SMILES string of the molecule is CCCCOOC(C)CC. The van der Waals surface area contributed by atoms with E-state index in [9.17, 15) is 0 Å². The third kappa shape index (κ3) is 6.05. The normalized spacial score (nSPS) is 13.5. The van der Waals surface area contributed by atoms with Gasteiger partial charge >= 0.3 is 0 Å². The minimum atomic E-state index is 0.233. The van der Waals surface area contributed by atoms with Crippen LogP contribution in [0.25, 0.3) is 0 Å². The molecule has 0 bridgehead atoms. The highest BCUT2D eigenvalue weighted by Crippen LogP contribution is 1.97. The van der Waals surface area contributed by atoms with Crippen LogP contribution in [0.1, 0.15) is 40.0 Å². The molecule has 0 saturated carbocycles. The van der Waals surface area contributed by atoms with Crippen molar-refractivity contribution in [2.75, 3.05) is 6.61 Å². The molecule has 0 aliphatic rings. The average molecular weight is 146 g/mol. The van der Waals surface area contributed by atoms with Crippen LogP contribution in [-0.4, -0.2) is 12.7 Å². The number of unbranched alkanes of at least 4 members (excludes halogenated alkanes) is 1. The quantitative estimate of drug-likeness (QED) is 0.325. The van der Waals surface area contributed by atoms with E-state index >= 15 is 0 Å². The summed E-state index contributed by atoms with van der Waals surface area (Å²) >= 11 is 0. The molecule has 0 spiro atoms. The van der Waals surface area contributed by atoms with E-state index in [-0.39, 0.29) is 6.10 Å². The Morgan fingerprint density at radius 1 is 1.30 bits per heavy atom. The molecular formula is C8H18O2. The fourth-order valence-corrected chi connectivity index (χ4v) is 0.436. The Balaban J connectivity index is 2.89. The van der Waals surface area contributed by atoms with Crippen LogP contribution >= 0.6 is 0 Å². The maximum absolute atomic E-state index is 4.99.